The maximum Gasteiger partial charge on any atom is 0.333 e. The molecule has 0 aromatic heterocycles. The average molecular weight is 1660 g/mol. The number of allylic oxidation sites excluding steroid dienone is 6. The number of carbonyl (C=O) groups is 8. The number of esters is 2. The Balaban J connectivity index is 0.000000160. The van der Waals surface area contributed by atoms with Gasteiger partial charge in [0.15, 0.2) is 0 Å². The number of ether oxygens (including phenoxy) is 2. The van der Waals surface area contributed by atoms with Crippen molar-refractivity contribution in [2.24, 2.45) is 101 Å². The molecule has 4 bridgehead atoms. The molecule has 120 heavy (non-hydrogen) atoms. The summed E-state index contributed by atoms with van der Waals surface area (Å²) in [6.07, 6.45) is 61.1. The van der Waals surface area contributed by atoms with Crippen LogP contribution >= 0.6 is 0 Å². The Kier molecular flexibility index (Phi) is 38.2. The second-order valence-electron chi connectivity index (χ2n) is 40.2. The standard InChI is InChI=1S/C17H25NO3.C17H27NO.2C15H23NO.C14H22O2.C13H21NO.C13H20O2/c1-4-18(16(19)9(2)3)15-12-5-10-6-13(15)8-11(7-12)14(10)17(20)21;1-5-18(17(19)12(2)3)16-9-8-14-10-13(4)6-7-15(14)11-16;1-10(2)15(17)16-14-7-6-12-8-11(3)4-5-13(12)9-14;1-4-15(17)16(3)14-8-7-12-9-11(2)5-6-13(12)10-14;1-10(2)14(15)16-13-8-7-11-5-3-4-6-12(11)9-13;1-2-13(15)14-12-8-7-10-5-3-4-6-11(10)9-12;1-2-13(14)15-12-8-7-10-5-3-4-6-11(10)9-12/h10-15H,2,4-8H2,1,3H3,(H,20,21);10,14-16H,2,5-9,11H2,1,3-4H3;8,12-14H,1,4-7,9H2,2-3H3,(H,16,17);4,9,12-14H,1,5-8,10H2,2-3H3;11-13H,1,3-9H2,2H3;2,10-12H,1,3-9H2,(H,14,15);2,10-12H,1,3-9H2. The highest BCUT2D eigenvalue weighted by Gasteiger charge is 2.57. The van der Waals surface area contributed by atoms with Crippen molar-refractivity contribution in [1.82, 2.24) is 25.3 Å². The fraction of sp³-hybridized carbons (Fsp3) is 0.731. The third kappa shape index (κ3) is 27.6. The number of hydrogen-bond donors (Lipinski definition) is 3. The highest BCUT2D eigenvalue weighted by Crippen LogP contribution is 2.58. The Labute approximate surface area is 725 Å². The molecule has 0 radical (unpaired) electrons. The van der Waals surface area contributed by atoms with Crippen LogP contribution in [0.5, 0.6) is 0 Å². The van der Waals surface area contributed by atoms with Crippen LogP contribution in [-0.2, 0) is 47.8 Å². The van der Waals surface area contributed by atoms with Gasteiger partial charge in [-0.25, -0.2) is 9.59 Å². The number of aliphatic carboxylic acids is 1. The van der Waals surface area contributed by atoms with Gasteiger partial charge in [0.25, 0.3) is 0 Å². The fourth-order valence-electron chi connectivity index (χ4n) is 25.4. The molecule has 16 aliphatic rings. The predicted octanol–water partition coefficient (Wildman–Crippen LogP) is 22.0. The fourth-order valence-corrected chi connectivity index (χ4v) is 25.4. The van der Waals surface area contributed by atoms with E-state index >= 15 is 0 Å². The maximum absolute atomic E-state index is 12.4. The smallest absolute Gasteiger partial charge is 0.333 e. The molecule has 18 unspecified atom stereocenters. The molecule has 0 saturated heterocycles. The molecule has 13 saturated carbocycles. The Morgan fingerprint density at radius 3 is 1.24 bits per heavy atom. The zero-order chi connectivity index (χ0) is 87.0. The summed E-state index contributed by atoms with van der Waals surface area (Å²) in [5, 5.41) is 15.6. The van der Waals surface area contributed by atoms with Gasteiger partial charge in [-0.2, -0.15) is 0 Å². The first-order chi connectivity index (χ1) is 57.4. The molecular formula is C104H161N5O11. The summed E-state index contributed by atoms with van der Waals surface area (Å²) in [7, 11) is 1.92. The number of carbonyl (C=O) groups excluding carboxylic acids is 7. The van der Waals surface area contributed by atoms with E-state index in [1.165, 1.54) is 198 Å². The van der Waals surface area contributed by atoms with Gasteiger partial charge in [0, 0.05) is 78.7 Å². The molecule has 3 N–H and O–H groups in total. The third-order valence-electron chi connectivity index (χ3n) is 31.6. The number of hydrogen-bond acceptors (Lipinski definition) is 10. The SMILES string of the molecule is C=C(C)C(=O)N(CC)C1C2CC3CC1CC(C2)C3C(=O)O.C=C(C)C(=O)N(CC)C1CCC2C=C(C)CCC2C1.C=C(C)C(=O)NC1CCC2C=C(C)CCC2C1.C=C(C)C(=O)OC1CCC2CCCCC2C1.C=CC(=O)N(C)C1CCC2C=C(C)CCC2C1.C=CC(=O)NC1CCC2CCCCC2C1.C=CC(=O)OC1CCC2CCCCC2C1. The van der Waals surface area contributed by atoms with E-state index in [9.17, 15) is 43.5 Å². The average Bonchev–Trinajstić information content (AvgIpc) is 0.730. The van der Waals surface area contributed by atoms with Crippen LogP contribution in [0.3, 0.4) is 0 Å². The van der Waals surface area contributed by atoms with Crippen LogP contribution < -0.4 is 10.6 Å². The molecule has 0 aliphatic heterocycles. The molecule has 5 amide bonds. The quantitative estimate of drug-likeness (QED) is 0.0709. The van der Waals surface area contributed by atoms with Crippen molar-refractivity contribution in [2.45, 2.75) is 362 Å². The Hall–Kier alpha value is -6.84. The van der Waals surface area contributed by atoms with Crippen molar-refractivity contribution in [3.63, 3.8) is 0 Å². The van der Waals surface area contributed by atoms with E-state index < -0.39 is 5.97 Å². The van der Waals surface area contributed by atoms with Crippen LogP contribution in [0.25, 0.3) is 0 Å². The van der Waals surface area contributed by atoms with Gasteiger partial charge in [-0.3, -0.25) is 28.8 Å². The molecule has 18 atom stereocenters. The first-order valence-corrected chi connectivity index (χ1v) is 48.0. The van der Waals surface area contributed by atoms with Gasteiger partial charge in [0.1, 0.15) is 12.2 Å². The number of carboxylic acids is 1. The first kappa shape index (κ1) is 97.0. The lowest BCUT2D eigenvalue weighted by Gasteiger charge is -2.59. The molecule has 0 aromatic rings. The predicted molar refractivity (Wildman–Crippen MR) is 485 cm³/mol. The van der Waals surface area contributed by atoms with Crippen LogP contribution in [0, 0.1) is 101 Å². The van der Waals surface area contributed by atoms with Crippen molar-refractivity contribution < 1.29 is 52.9 Å². The van der Waals surface area contributed by atoms with Crippen molar-refractivity contribution >= 4 is 47.4 Å². The lowest BCUT2D eigenvalue weighted by molar-refractivity contribution is -0.165. The van der Waals surface area contributed by atoms with Gasteiger partial charge in [0.2, 0.25) is 29.5 Å². The molecule has 0 spiro atoms. The molecule has 13 fully saturated rings. The maximum atomic E-state index is 12.4. The summed E-state index contributed by atoms with van der Waals surface area (Å²) in [5.41, 5.74) is 7.08. The zero-order valence-corrected chi connectivity index (χ0v) is 76.3. The van der Waals surface area contributed by atoms with E-state index in [1.54, 1.807) is 37.5 Å². The summed E-state index contributed by atoms with van der Waals surface area (Å²) in [6, 6.07) is 1.94. The van der Waals surface area contributed by atoms with E-state index in [-0.39, 0.29) is 59.6 Å². The number of rotatable bonds is 17. The second-order valence-corrected chi connectivity index (χ2v) is 40.2. The van der Waals surface area contributed by atoms with Gasteiger partial charge in [-0.1, -0.05) is 158 Å². The van der Waals surface area contributed by atoms with E-state index in [4.69, 9.17) is 9.47 Å². The van der Waals surface area contributed by atoms with E-state index in [2.05, 4.69) is 103 Å². The highest BCUT2D eigenvalue weighted by molar-refractivity contribution is 5.93. The molecule has 668 valence electrons. The molecule has 16 nitrogen and oxygen atoms in total. The van der Waals surface area contributed by atoms with Crippen LogP contribution in [0.15, 0.2) is 122 Å². The van der Waals surface area contributed by atoms with Gasteiger partial charge in [0.05, 0.1) is 5.92 Å². The summed E-state index contributed by atoms with van der Waals surface area (Å²) < 4.78 is 10.8. The lowest BCUT2D eigenvalue weighted by Crippen LogP contribution is -2.60. The minimum Gasteiger partial charge on any atom is -0.481 e. The van der Waals surface area contributed by atoms with Gasteiger partial charge in [-0.15, -0.1) is 0 Å². The number of nitrogens with one attached hydrogen (secondary N) is 2. The van der Waals surface area contributed by atoms with Gasteiger partial charge >= 0.3 is 17.9 Å². The van der Waals surface area contributed by atoms with Crippen molar-refractivity contribution in [2.75, 3.05) is 20.1 Å². The molecule has 0 heterocycles. The minimum absolute atomic E-state index is 0.00532. The zero-order valence-electron chi connectivity index (χ0n) is 76.3. The van der Waals surface area contributed by atoms with Crippen LogP contribution in [0.1, 0.15) is 319 Å². The normalized spacial score (nSPS) is 34.3. The molecule has 16 aliphatic carbocycles. The number of fused-ring (bicyclic) bond motifs is 6. The monoisotopic (exact) mass is 1660 g/mol. The number of carboxylic acid groups (broad SMARTS) is 1. The topological polar surface area (TPSA) is 209 Å². The largest absolute Gasteiger partial charge is 0.481 e. The van der Waals surface area contributed by atoms with Crippen molar-refractivity contribution in [3.8, 4) is 0 Å². The van der Waals surface area contributed by atoms with Gasteiger partial charge in [-0.05, 0) is 349 Å². The Bertz CT molecular complexity index is 3570. The minimum atomic E-state index is -0.606. The van der Waals surface area contributed by atoms with E-state index in [0.717, 1.165) is 161 Å². The highest BCUT2D eigenvalue weighted by atomic mass is 16.5. The summed E-state index contributed by atoms with van der Waals surface area (Å²) in [5.74, 6) is 10.7. The second kappa shape index (κ2) is 47.3. The summed E-state index contributed by atoms with van der Waals surface area (Å²) in [4.78, 5) is 99.0. The Morgan fingerprint density at radius 1 is 0.408 bits per heavy atom. The van der Waals surface area contributed by atoms with Crippen LogP contribution in [0.2, 0.25) is 0 Å². The first-order valence-electron chi connectivity index (χ1n) is 48.0. The molecule has 16 rings (SSSR count). The Morgan fingerprint density at radius 2 is 0.808 bits per heavy atom. The lowest BCUT2D eigenvalue weighted by atomic mass is 9.49. The molecule has 16 heteroatoms. The number of nitrogens with zero attached hydrogens (tertiary/aromatic N) is 3. The summed E-state index contributed by atoms with van der Waals surface area (Å²) >= 11 is 0. The number of amides is 5. The summed E-state index contributed by atoms with van der Waals surface area (Å²) in [6.45, 7) is 44.9. The third-order valence-corrected chi connectivity index (χ3v) is 31.6. The number of likely N-dealkylation sites (N-methyl/N-ethyl adjacent to an activating group) is 3. The van der Waals surface area contributed by atoms with E-state index in [0.29, 0.717) is 76.2 Å². The van der Waals surface area contributed by atoms with Crippen LogP contribution in [0.4, 0.5) is 0 Å². The van der Waals surface area contributed by atoms with E-state index in [1.807, 2.05) is 35.6 Å². The van der Waals surface area contributed by atoms with Crippen molar-refractivity contribution in [1.29, 1.82) is 0 Å². The molecular weight excluding hydrogens is 1500 g/mol. The van der Waals surface area contributed by atoms with Crippen molar-refractivity contribution in [3.05, 3.63) is 122 Å². The molecule has 0 aromatic carbocycles. The van der Waals surface area contributed by atoms with Gasteiger partial charge < -0.3 is 39.9 Å². The van der Waals surface area contributed by atoms with Crippen LogP contribution in [-0.4, -0.2) is 130 Å².